The van der Waals surface area contributed by atoms with Gasteiger partial charge in [-0.15, -0.1) is 0 Å². The highest BCUT2D eigenvalue weighted by molar-refractivity contribution is 6.31. The van der Waals surface area contributed by atoms with Gasteiger partial charge < -0.3 is 19.0 Å². The molecule has 0 aromatic heterocycles. The highest BCUT2D eigenvalue weighted by atomic mass is 35.5. The van der Waals surface area contributed by atoms with Crippen molar-refractivity contribution in [2.45, 2.75) is 6.54 Å². The average Bonchev–Trinajstić information content (AvgIpc) is 2.69. The number of halogens is 1. The van der Waals surface area contributed by atoms with Crippen LogP contribution in [0.5, 0.6) is 17.2 Å². The maximum absolute atomic E-state index is 12.6. The Hall–Kier alpha value is -2.93. The van der Waals surface area contributed by atoms with Crippen molar-refractivity contribution in [3.63, 3.8) is 0 Å². The maximum atomic E-state index is 12.6. The summed E-state index contributed by atoms with van der Waals surface area (Å²) in [5, 5.41) is 4.58. The van der Waals surface area contributed by atoms with E-state index in [4.69, 9.17) is 30.6 Å². The summed E-state index contributed by atoms with van der Waals surface area (Å²) >= 11 is 6.13. The number of benzene rings is 2. The van der Waals surface area contributed by atoms with E-state index in [1.165, 1.54) is 12.0 Å². The number of oxime groups is 1. The van der Waals surface area contributed by atoms with Crippen LogP contribution in [0, 0.1) is 0 Å². The third-order valence-corrected chi connectivity index (χ3v) is 4.29. The summed E-state index contributed by atoms with van der Waals surface area (Å²) in [6, 6.07) is 10.5. The van der Waals surface area contributed by atoms with Crippen molar-refractivity contribution >= 4 is 23.3 Å². The van der Waals surface area contributed by atoms with E-state index in [9.17, 15) is 4.79 Å². The summed E-state index contributed by atoms with van der Waals surface area (Å²) in [5.74, 6) is 1.88. The topological polar surface area (TPSA) is 69.6 Å². The summed E-state index contributed by atoms with van der Waals surface area (Å²) in [7, 11) is 4.68. The molecule has 7 nitrogen and oxygen atoms in total. The summed E-state index contributed by atoms with van der Waals surface area (Å²) < 4.78 is 16.0. The van der Waals surface area contributed by atoms with Gasteiger partial charge in [0.1, 0.15) is 17.2 Å². The lowest BCUT2D eigenvalue weighted by Crippen LogP contribution is -2.42. The normalized spacial score (nSPS) is 13.7. The minimum Gasteiger partial charge on any atom is -0.497 e. The first-order valence-corrected chi connectivity index (χ1v) is 8.49. The summed E-state index contributed by atoms with van der Waals surface area (Å²) in [6.07, 6.45) is 0. The number of carbonyl (C=O) groups is 1. The van der Waals surface area contributed by atoms with Gasteiger partial charge in [-0.1, -0.05) is 16.8 Å². The lowest BCUT2D eigenvalue weighted by Gasteiger charge is -2.28. The van der Waals surface area contributed by atoms with Gasteiger partial charge in [0.15, 0.2) is 12.4 Å². The summed E-state index contributed by atoms with van der Waals surface area (Å²) in [6.45, 7) is 0.109. The predicted octanol–water partition coefficient (Wildman–Crippen LogP) is 3.09. The van der Waals surface area contributed by atoms with E-state index in [0.717, 1.165) is 5.56 Å². The van der Waals surface area contributed by atoms with Gasteiger partial charge in [-0.3, -0.25) is 9.69 Å². The highest BCUT2D eigenvalue weighted by Crippen LogP contribution is 2.28. The molecule has 0 saturated heterocycles. The monoisotopic (exact) mass is 390 g/mol. The van der Waals surface area contributed by atoms with E-state index in [1.807, 2.05) is 12.1 Å². The molecule has 27 heavy (non-hydrogen) atoms. The molecule has 1 aliphatic rings. The van der Waals surface area contributed by atoms with Gasteiger partial charge in [-0.25, -0.2) is 0 Å². The molecular formula is C19H19ClN2O5. The number of nitrogens with zero attached hydrogens (tertiary/aromatic N) is 2. The van der Waals surface area contributed by atoms with Crippen molar-refractivity contribution in [1.82, 2.24) is 4.90 Å². The van der Waals surface area contributed by atoms with Crippen molar-refractivity contribution in [2.24, 2.45) is 5.16 Å². The summed E-state index contributed by atoms with van der Waals surface area (Å²) in [5.41, 5.74) is 1.38. The predicted molar refractivity (Wildman–Crippen MR) is 101 cm³/mol. The molecule has 0 unspecified atom stereocenters. The van der Waals surface area contributed by atoms with Gasteiger partial charge in [0.25, 0.3) is 5.91 Å². The SMILES string of the molecule is COc1cc(CN2C(=O)CON=C2c2cc(Cl)ccc2OC)cc(OC)c1. The quantitative estimate of drug-likeness (QED) is 0.758. The minimum atomic E-state index is -0.233. The number of hydrogen-bond donors (Lipinski definition) is 0. The zero-order chi connectivity index (χ0) is 19.4. The second-order valence-electron chi connectivity index (χ2n) is 5.73. The Morgan fingerprint density at radius 2 is 1.78 bits per heavy atom. The van der Waals surface area contributed by atoms with Crippen LogP contribution < -0.4 is 14.2 Å². The van der Waals surface area contributed by atoms with E-state index in [-0.39, 0.29) is 19.1 Å². The highest BCUT2D eigenvalue weighted by Gasteiger charge is 2.29. The standard InChI is InChI=1S/C19H19ClN2O5/c1-24-14-6-12(7-15(9-14)25-2)10-22-18(23)11-27-21-19(22)16-8-13(20)4-5-17(16)26-3/h4-9H,10-11H2,1-3H3. The van der Waals surface area contributed by atoms with Crippen molar-refractivity contribution in [2.75, 3.05) is 27.9 Å². The molecule has 0 N–H and O–H groups in total. The van der Waals surface area contributed by atoms with Crippen LogP contribution in [-0.4, -0.2) is 44.6 Å². The van der Waals surface area contributed by atoms with Gasteiger partial charge in [-0.05, 0) is 35.9 Å². The third-order valence-electron chi connectivity index (χ3n) is 4.05. The molecule has 142 valence electrons. The first-order chi connectivity index (χ1) is 13.0. The molecule has 1 aliphatic heterocycles. The largest absolute Gasteiger partial charge is 0.497 e. The van der Waals surface area contributed by atoms with Crippen LogP contribution in [0.15, 0.2) is 41.6 Å². The molecule has 0 bridgehead atoms. The Morgan fingerprint density at radius 3 is 2.41 bits per heavy atom. The van der Waals surface area contributed by atoms with Crippen LogP contribution in [0.25, 0.3) is 0 Å². The van der Waals surface area contributed by atoms with E-state index >= 15 is 0 Å². The average molecular weight is 391 g/mol. The first kappa shape index (κ1) is 18.8. The maximum Gasteiger partial charge on any atom is 0.269 e. The Morgan fingerprint density at radius 1 is 1.07 bits per heavy atom. The molecule has 2 aromatic rings. The second kappa shape index (κ2) is 8.18. The smallest absolute Gasteiger partial charge is 0.269 e. The molecule has 1 heterocycles. The zero-order valence-electron chi connectivity index (χ0n) is 15.2. The summed E-state index contributed by atoms with van der Waals surface area (Å²) in [4.78, 5) is 19.2. The van der Waals surface area contributed by atoms with Gasteiger partial charge in [0.2, 0.25) is 0 Å². The van der Waals surface area contributed by atoms with Crippen LogP contribution in [0.4, 0.5) is 0 Å². The minimum absolute atomic E-state index is 0.145. The fourth-order valence-corrected chi connectivity index (χ4v) is 2.92. The lowest BCUT2D eigenvalue weighted by molar-refractivity contribution is -0.134. The van der Waals surface area contributed by atoms with Gasteiger partial charge in [0, 0.05) is 11.1 Å². The third kappa shape index (κ3) is 4.09. The Balaban J connectivity index is 2.00. The molecule has 2 aromatic carbocycles. The molecule has 0 radical (unpaired) electrons. The molecular weight excluding hydrogens is 372 g/mol. The molecule has 0 fully saturated rings. The Labute approximate surface area is 162 Å². The van der Waals surface area contributed by atoms with E-state index in [2.05, 4.69) is 5.16 Å². The molecule has 0 saturated carbocycles. The molecule has 1 amide bonds. The second-order valence-corrected chi connectivity index (χ2v) is 6.17. The number of hydrogen-bond acceptors (Lipinski definition) is 6. The lowest BCUT2D eigenvalue weighted by atomic mass is 10.1. The molecule has 8 heteroatoms. The van der Waals surface area contributed by atoms with Gasteiger partial charge in [0.05, 0.1) is 33.4 Å². The zero-order valence-corrected chi connectivity index (χ0v) is 15.9. The first-order valence-electron chi connectivity index (χ1n) is 8.12. The van der Waals surface area contributed by atoms with Crippen molar-refractivity contribution in [1.29, 1.82) is 0 Å². The molecule has 0 spiro atoms. The number of methoxy groups -OCH3 is 3. The number of carbonyl (C=O) groups excluding carboxylic acids is 1. The van der Waals surface area contributed by atoms with Crippen molar-refractivity contribution in [3.05, 3.63) is 52.5 Å². The van der Waals surface area contributed by atoms with Crippen LogP contribution in [0.2, 0.25) is 5.02 Å². The van der Waals surface area contributed by atoms with E-state index in [0.29, 0.717) is 33.7 Å². The fraction of sp³-hybridized carbons (Fsp3) is 0.263. The van der Waals surface area contributed by atoms with Crippen LogP contribution in [0.1, 0.15) is 11.1 Å². The number of ether oxygens (including phenoxy) is 3. The van der Waals surface area contributed by atoms with Gasteiger partial charge >= 0.3 is 0 Å². The Kier molecular flexibility index (Phi) is 5.71. The van der Waals surface area contributed by atoms with Crippen LogP contribution >= 0.6 is 11.6 Å². The van der Waals surface area contributed by atoms with Crippen molar-refractivity contribution < 1.29 is 23.8 Å². The number of rotatable bonds is 6. The van der Waals surface area contributed by atoms with Gasteiger partial charge in [-0.2, -0.15) is 0 Å². The number of amides is 1. The van der Waals surface area contributed by atoms with Crippen LogP contribution in [-0.2, 0) is 16.2 Å². The number of amidine groups is 1. The molecule has 3 rings (SSSR count). The molecule has 0 aliphatic carbocycles. The fourth-order valence-electron chi connectivity index (χ4n) is 2.75. The Bertz CT molecular complexity index is 862. The molecule has 0 atom stereocenters. The van der Waals surface area contributed by atoms with E-state index in [1.54, 1.807) is 38.5 Å². The van der Waals surface area contributed by atoms with Crippen LogP contribution in [0.3, 0.4) is 0 Å². The van der Waals surface area contributed by atoms with E-state index < -0.39 is 0 Å². The van der Waals surface area contributed by atoms with Crippen molar-refractivity contribution in [3.8, 4) is 17.2 Å².